The van der Waals surface area contributed by atoms with Gasteiger partial charge in [0, 0.05) is 22.2 Å². The Labute approximate surface area is 211 Å². The zero-order valence-electron chi connectivity index (χ0n) is 18.8. The van der Waals surface area contributed by atoms with E-state index in [4.69, 9.17) is 27.9 Å². The van der Waals surface area contributed by atoms with Crippen molar-refractivity contribution >= 4 is 40.8 Å². The number of amides is 2. The predicted molar refractivity (Wildman–Crippen MR) is 128 cm³/mol. The van der Waals surface area contributed by atoms with Gasteiger partial charge in [0.25, 0.3) is 5.91 Å². The zero-order chi connectivity index (χ0) is 25.2. The van der Waals surface area contributed by atoms with Crippen LogP contribution < -0.4 is 15.4 Å². The van der Waals surface area contributed by atoms with Crippen LogP contribution in [0.4, 0.5) is 4.39 Å². The van der Waals surface area contributed by atoms with E-state index in [1.165, 1.54) is 12.1 Å². The molecule has 35 heavy (non-hydrogen) atoms. The Kier molecular flexibility index (Phi) is 7.35. The molecule has 0 spiro atoms. The number of ketones is 1. The fraction of sp³-hybridized carbons (Fsp3) is 0.400. The number of rotatable bonds is 8. The van der Waals surface area contributed by atoms with Gasteiger partial charge in [-0.05, 0) is 68.5 Å². The van der Waals surface area contributed by atoms with E-state index in [2.05, 4.69) is 10.6 Å². The summed E-state index contributed by atoms with van der Waals surface area (Å²) >= 11 is 11.5. The summed E-state index contributed by atoms with van der Waals surface area (Å²) in [5.41, 5.74) is -1.21. The molecule has 0 aliphatic heterocycles. The molecule has 0 radical (unpaired) electrons. The van der Waals surface area contributed by atoms with Crippen LogP contribution >= 0.6 is 23.2 Å². The molecule has 1 atom stereocenters. The maximum absolute atomic E-state index is 13.5. The largest absolute Gasteiger partial charge is 0.484 e. The van der Waals surface area contributed by atoms with Gasteiger partial charge >= 0.3 is 0 Å². The smallest absolute Gasteiger partial charge is 0.258 e. The van der Waals surface area contributed by atoms with Crippen LogP contribution in [0.3, 0.4) is 0 Å². The van der Waals surface area contributed by atoms with Crippen molar-refractivity contribution in [3.05, 3.63) is 63.9 Å². The summed E-state index contributed by atoms with van der Waals surface area (Å²) in [5, 5.41) is 17.0. The Bertz CT molecular complexity index is 1130. The molecular weight excluding hydrogens is 498 g/mol. The zero-order valence-corrected chi connectivity index (χ0v) is 20.3. The van der Waals surface area contributed by atoms with E-state index in [0.29, 0.717) is 36.3 Å². The highest BCUT2D eigenvalue weighted by atomic mass is 35.5. The Morgan fingerprint density at radius 1 is 1.06 bits per heavy atom. The highest BCUT2D eigenvalue weighted by Gasteiger charge is 2.58. The summed E-state index contributed by atoms with van der Waals surface area (Å²) in [4.78, 5) is 37.9. The first-order chi connectivity index (χ1) is 16.6. The fourth-order valence-electron chi connectivity index (χ4n) is 4.95. The first kappa shape index (κ1) is 25.4. The number of benzene rings is 2. The Morgan fingerprint density at radius 3 is 2.37 bits per heavy atom. The number of Topliss-reactive ketones (excluding diaryl/α,β-unsaturated/α-hetero) is 1. The van der Waals surface area contributed by atoms with Crippen LogP contribution in [0.2, 0.25) is 10.0 Å². The van der Waals surface area contributed by atoms with Crippen molar-refractivity contribution in [3.63, 3.8) is 0 Å². The van der Waals surface area contributed by atoms with Crippen molar-refractivity contribution in [1.29, 1.82) is 0 Å². The van der Waals surface area contributed by atoms with E-state index < -0.39 is 28.8 Å². The number of aliphatic hydroxyl groups excluding tert-OH is 1. The second-order valence-corrected chi connectivity index (χ2v) is 10.0. The number of ether oxygens (including phenoxy) is 1. The molecule has 0 heterocycles. The Balaban J connectivity index is 1.30. The molecule has 3 fully saturated rings. The second kappa shape index (κ2) is 10.1. The second-order valence-electron chi connectivity index (χ2n) is 9.18. The summed E-state index contributed by atoms with van der Waals surface area (Å²) in [6.45, 7) is -0.503. The number of halogens is 3. The summed E-state index contributed by atoms with van der Waals surface area (Å²) in [5.74, 6) is -1.49. The SMILES string of the molecule is O=C(COc1ccc(Cl)c(F)c1)NC12CCC(C(=O)NCC(=O)c3ccc(Cl)cc3)(CC1)C(O)C2. The monoisotopic (exact) mass is 522 g/mol. The lowest BCUT2D eigenvalue weighted by atomic mass is 9.55. The van der Waals surface area contributed by atoms with Crippen molar-refractivity contribution in [1.82, 2.24) is 10.6 Å². The Morgan fingerprint density at radius 2 is 1.74 bits per heavy atom. The first-order valence-electron chi connectivity index (χ1n) is 11.3. The van der Waals surface area contributed by atoms with Crippen LogP contribution in [-0.2, 0) is 9.59 Å². The van der Waals surface area contributed by atoms with Gasteiger partial charge in [0.05, 0.1) is 23.1 Å². The standard InChI is InChI=1S/C25H25Cl2FN2O5/c26-16-3-1-15(2-4-16)20(31)13-29-23(34)25-9-7-24(8-10-25,12-21(25)32)30-22(33)14-35-17-5-6-18(27)19(28)11-17/h1-6,11,21,32H,7-10,12-14H2,(H,29,34)(H,30,33). The third-order valence-corrected chi connectivity index (χ3v) is 7.57. The number of carbonyl (C=O) groups excluding carboxylic acids is 3. The first-order valence-corrected chi connectivity index (χ1v) is 12.0. The van der Waals surface area contributed by atoms with Crippen molar-refractivity contribution in [2.45, 2.75) is 43.7 Å². The molecule has 0 saturated heterocycles. The summed E-state index contributed by atoms with van der Waals surface area (Å²) < 4.78 is 18.9. The van der Waals surface area contributed by atoms with Crippen molar-refractivity contribution < 1.29 is 28.6 Å². The van der Waals surface area contributed by atoms with Gasteiger partial charge in [0.15, 0.2) is 12.4 Å². The normalized spacial score (nSPS) is 25.1. The van der Waals surface area contributed by atoms with Crippen LogP contribution in [0.15, 0.2) is 42.5 Å². The van der Waals surface area contributed by atoms with E-state index >= 15 is 0 Å². The third kappa shape index (κ3) is 5.44. The van der Waals surface area contributed by atoms with Gasteiger partial charge in [0.1, 0.15) is 11.6 Å². The highest BCUT2D eigenvalue weighted by Crippen LogP contribution is 2.52. The van der Waals surface area contributed by atoms with Crippen molar-refractivity contribution in [3.8, 4) is 5.75 Å². The molecule has 7 nitrogen and oxygen atoms in total. The number of nitrogens with one attached hydrogen (secondary N) is 2. The highest BCUT2D eigenvalue weighted by molar-refractivity contribution is 6.31. The summed E-state index contributed by atoms with van der Waals surface area (Å²) in [6, 6.07) is 10.3. The van der Waals surface area contributed by atoms with Gasteiger partial charge in [-0.1, -0.05) is 23.2 Å². The molecule has 0 aromatic heterocycles. The molecule has 3 aliphatic carbocycles. The topological polar surface area (TPSA) is 105 Å². The quantitative estimate of drug-likeness (QED) is 0.458. The lowest BCUT2D eigenvalue weighted by Gasteiger charge is -2.55. The van der Waals surface area contributed by atoms with E-state index in [1.54, 1.807) is 24.3 Å². The van der Waals surface area contributed by atoms with Crippen LogP contribution in [0.5, 0.6) is 5.75 Å². The molecule has 10 heteroatoms. The minimum Gasteiger partial charge on any atom is -0.484 e. The molecule has 186 valence electrons. The van der Waals surface area contributed by atoms with Gasteiger partial charge in [-0.25, -0.2) is 4.39 Å². The third-order valence-electron chi connectivity index (χ3n) is 7.01. The lowest BCUT2D eigenvalue weighted by Crippen LogP contribution is -2.66. The molecule has 3 aliphatic rings. The van der Waals surface area contributed by atoms with Gasteiger partial charge in [-0.15, -0.1) is 0 Å². The number of fused-ring (bicyclic) bond motifs is 3. The average Bonchev–Trinajstić information content (AvgIpc) is 2.84. The van der Waals surface area contributed by atoms with Gasteiger partial charge < -0.3 is 20.5 Å². The maximum atomic E-state index is 13.5. The predicted octanol–water partition coefficient (Wildman–Crippen LogP) is 3.69. The van der Waals surface area contributed by atoms with E-state index in [0.717, 1.165) is 6.07 Å². The van der Waals surface area contributed by atoms with Crippen LogP contribution in [0.25, 0.3) is 0 Å². The molecule has 2 bridgehead atoms. The van der Waals surface area contributed by atoms with Gasteiger partial charge in [-0.2, -0.15) is 0 Å². The Hall–Kier alpha value is -2.68. The number of carbonyl (C=O) groups is 3. The molecule has 2 aromatic rings. The molecule has 2 amide bonds. The lowest BCUT2D eigenvalue weighted by molar-refractivity contribution is -0.156. The number of hydrogen-bond acceptors (Lipinski definition) is 5. The minimum absolute atomic E-state index is 0.0408. The van der Waals surface area contributed by atoms with Crippen LogP contribution in [-0.4, -0.2) is 47.5 Å². The minimum atomic E-state index is -0.996. The molecular formula is C25H25Cl2FN2O5. The molecule has 2 aromatic carbocycles. The fourth-order valence-corrected chi connectivity index (χ4v) is 5.20. The molecule has 5 rings (SSSR count). The van der Waals surface area contributed by atoms with Crippen LogP contribution in [0.1, 0.15) is 42.5 Å². The summed E-state index contributed by atoms with van der Waals surface area (Å²) in [6.07, 6.45) is 1.00. The summed E-state index contributed by atoms with van der Waals surface area (Å²) in [7, 11) is 0. The van der Waals surface area contributed by atoms with Crippen LogP contribution in [0, 0.1) is 11.2 Å². The average molecular weight is 523 g/mol. The molecule has 1 unspecified atom stereocenters. The van der Waals surface area contributed by atoms with Gasteiger partial charge in [0.2, 0.25) is 5.91 Å². The molecule has 3 saturated carbocycles. The molecule has 3 N–H and O–H groups in total. The van der Waals surface area contributed by atoms with E-state index in [-0.39, 0.29) is 42.0 Å². The van der Waals surface area contributed by atoms with E-state index in [1.807, 2.05) is 0 Å². The van der Waals surface area contributed by atoms with Crippen molar-refractivity contribution in [2.75, 3.05) is 13.2 Å². The van der Waals surface area contributed by atoms with Gasteiger partial charge in [-0.3, -0.25) is 14.4 Å². The number of hydrogen-bond donors (Lipinski definition) is 3. The van der Waals surface area contributed by atoms with Crippen molar-refractivity contribution in [2.24, 2.45) is 5.41 Å². The maximum Gasteiger partial charge on any atom is 0.258 e. The number of aliphatic hydroxyl groups is 1. The van der Waals surface area contributed by atoms with E-state index in [9.17, 15) is 23.9 Å².